The van der Waals surface area contributed by atoms with Gasteiger partial charge in [-0.2, -0.15) is 0 Å². The van der Waals surface area contributed by atoms with Crippen LogP contribution in [0.5, 0.6) is 0 Å². The van der Waals surface area contributed by atoms with E-state index in [2.05, 4.69) is 106 Å². The van der Waals surface area contributed by atoms with E-state index in [0.717, 1.165) is 103 Å². The Balaban J connectivity index is 4.18. The maximum absolute atomic E-state index is 12.9. The van der Waals surface area contributed by atoms with Crippen LogP contribution in [0.4, 0.5) is 0 Å². The summed E-state index contributed by atoms with van der Waals surface area (Å²) in [4.78, 5) is 38.3. The highest BCUT2D eigenvalue weighted by molar-refractivity contribution is 5.71. The third kappa shape index (κ3) is 65.4. The van der Waals surface area contributed by atoms with Crippen LogP contribution in [0.15, 0.2) is 85.1 Å². The molecule has 0 aromatic heterocycles. The minimum Gasteiger partial charge on any atom is -0.462 e. The first-order chi connectivity index (χ1) is 39.5. The van der Waals surface area contributed by atoms with Gasteiger partial charge in [-0.05, 0) is 77.0 Å². The van der Waals surface area contributed by atoms with Gasteiger partial charge in [0.15, 0.2) is 6.10 Å². The molecule has 0 bridgehead atoms. The molecule has 0 N–H and O–H groups in total. The third-order valence-corrected chi connectivity index (χ3v) is 15.2. The zero-order valence-electron chi connectivity index (χ0n) is 53.1. The van der Waals surface area contributed by atoms with Gasteiger partial charge in [-0.3, -0.25) is 14.4 Å². The molecule has 0 spiro atoms. The molecule has 0 heterocycles. The van der Waals surface area contributed by atoms with Crippen molar-refractivity contribution in [3.05, 3.63) is 85.1 Å². The molecular formula is C74H130O6. The molecule has 1 unspecified atom stereocenters. The van der Waals surface area contributed by atoms with Crippen molar-refractivity contribution in [3.63, 3.8) is 0 Å². The van der Waals surface area contributed by atoms with Crippen molar-refractivity contribution in [2.45, 2.75) is 354 Å². The first-order valence-corrected chi connectivity index (χ1v) is 34.6. The number of rotatable bonds is 63. The van der Waals surface area contributed by atoms with Crippen LogP contribution >= 0.6 is 0 Å². The summed E-state index contributed by atoms with van der Waals surface area (Å²) in [6, 6.07) is 0. The number of unbranched alkanes of at least 4 members (excludes halogenated alkanes) is 38. The van der Waals surface area contributed by atoms with Crippen LogP contribution in [0.2, 0.25) is 0 Å². The number of carbonyl (C=O) groups is 3. The van der Waals surface area contributed by atoms with Crippen molar-refractivity contribution in [3.8, 4) is 0 Å². The molecule has 0 saturated heterocycles. The molecule has 6 heteroatoms. The quantitative estimate of drug-likeness (QED) is 0.0261. The fourth-order valence-corrected chi connectivity index (χ4v) is 10.0. The Labute approximate surface area is 496 Å². The van der Waals surface area contributed by atoms with Gasteiger partial charge in [0.25, 0.3) is 0 Å². The highest BCUT2D eigenvalue weighted by Crippen LogP contribution is 2.18. The Hall–Kier alpha value is -3.41. The summed E-state index contributed by atoms with van der Waals surface area (Å²) in [6.45, 7) is 6.57. The molecule has 0 aliphatic carbocycles. The minimum atomic E-state index is -0.773. The molecule has 0 aliphatic rings. The second-order valence-electron chi connectivity index (χ2n) is 23.1. The number of hydrogen-bond acceptors (Lipinski definition) is 6. The lowest BCUT2D eigenvalue weighted by atomic mass is 10.0. The summed E-state index contributed by atoms with van der Waals surface area (Å²) < 4.78 is 16.9. The number of carbonyl (C=O) groups excluding carboxylic acids is 3. The van der Waals surface area contributed by atoms with E-state index >= 15 is 0 Å². The van der Waals surface area contributed by atoms with E-state index in [1.54, 1.807) is 0 Å². The SMILES string of the molecule is CC/C=C\C/C=C\C/C=C\C/C=C\C/C=C\C/C=C\C/C=C\CCCCCCCCCCCCCC(=O)OCC(COC(=O)CCCCCCCCCCCCC)OC(=O)CCCCCCCCCCCCCCCCCCCC. The van der Waals surface area contributed by atoms with Gasteiger partial charge >= 0.3 is 17.9 Å². The van der Waals surface area contributed by atoms with E-state index in [0.29, 0.717) is 19.3 Å². The second-order valence-corrected chi connectivity index (χ2v) is 23.1. The van der Waals surface area contributed by atoms with Gasteiger partial charge in [0.1, 0.15) is 13.2 Å². The lowest BCUT2D eigenvalue weighted by molar-refractivity contribution is -0.167. The summed E-state index contributed by atoms with van der Waals surface area (Å²) in [5.41, 5.74) is 0. The van der Waals surface area contributed by atoms with Crippen molar-refractivity contribution < 1.29 is 28.6 Å². The van der Waals surface area contributed by atoms with Crippen LogP contribution in [0.3, 0.4) is 0 Å². The molecule has 0 aromatic rings. The molecule has 1 atom stereocenters. The first-order valence-electron chi connectivity index (χ1n) is 34.6. The van der Waals surface area contributed by atoms with Gasteiger partial charge in [-0.25, -0.2) is 0 Å². The highest BCUT2D eigenvalue weighted by atomic mass is 16.6. The average Bonchev–Trinajstić information content (AvgIpc) is 3.46. The van der Waals surface area contributed by atoms with Crippen molar-refractivity contribution in [2.75, 3.05) is 13.2 Å². The zero-order chi connectivity index (χ0) is 57.8. The van der Waals surface area contributed by atoms with Gasteiger partial charge < -0.3 is 14.2 Å². The molecule has 6 nitrogen and oxygen atoms in total. The average molecular weight is 1120 g/mol. The molecule has 0 aliphatic heterocycles. The third-order valence-electron chi connectivity index (χ3n) is 15.2. The van der Waals surface area contributed by atoms with E-state index in [9.17, 15) is 14.4 Å². The van der Waals surface area contributed by atoms with E-state index in [1.165, 1.54) is 205 Å². The lowest BCUT2D eigenvalue weighted by Crippen LogP contribution is -2.30. The van der Waals surface area contributed by atoms with Crippen LogP contribution in [-0.4, -0.2) is 37.2 Å². The molecule has 0 aromatic carbocycles. The molecule has 462 valence electrons. The summed E-state index contributed by atoms with van der Waals surface area (Å²) in [7, 11) is 0. The predicted octanol–water partition coefficient (Wildman–Crippen LogP) is 23.8. The maximum atomic E-state index is 12.9. The lowest BCUT2D eigenvalue weighted by Gasteiger charge is -2.18. The second kappa shape index (κ2) is 68.1. The molecule has 0 amide bonds. The monoisotopic (exact) mass is 1110 g/mol. The van der Waals surface area contributed by atoms with Crippen LogP contribution in [-0.2, 0) is 28.6 Å². The van der Waals surface area contributed by atoms with Crippen LogP contribution < -0.4 is 0 Å². The normalized spacial score (nSPS) is 12.6. The number of ether oxygens (including phenoxy) is 3. The van der Waals surface area contributed by atoms with Crippen LogP contribution in [0.25, 0.3) is 0 Å². The minimum absolute atomic E-state index is 0.0708. The summed E-state index contributed by atoms with van der Waals surface area (Å²) in [6.07, 6.45) is 90.4. The van der Waals surface area contributed by atoms with E-state index < -0.39 is 6.10 Å². The maximum Gasteiger partial charge on any atom is 0.306 e. The van der Waals surface area contributed by atoms with Crippen molar-refractivity contribution in [2.24, 2.45) is 0 Å². The standard InChI is InChI=1S/C74H130O6/c1-4-7-10-13-16-19-22-24-26-28-30-31-32-33-34-35-36-37-38-39-40-41-42-43-44-46-47-49-52-55-58-61-64-67-73(76)79-70-71(69-78-72(75)66-63-60-57-54-51-21-18-15-12-9-6-3)80-74(77)68-65-62-59-56-53-50-48-45-29-27-25-23-20-17-14-11-8-5-2/h7,10,16,19,24,26,30-31,33-34,36-37,39-40,71H,4-6,8-9,11-15,17-18,20-23,25,27-29,32,35,38,41-70H2,1-3H3/b10-7-,19-16-,26-24-,31-30-,34-33-,37-36-,40-39-. The Morgan fingerprint density at radius 2 is 0.487 bits per heavy atom. The van der Waals surface area contributed by atoms with E-state index in [1.807, 2.05) is 0 Å². The van der Waals surface area contributed by atoms with E-state index in [-0.39, 0.29) is 31.1 Å². The summed E-state index contributed by atoms with van der Waals surface area (Å²) in [5, 5.41) is 0. The zero-order valence-corrected chi connectivity index (χ0v) is 53.1. The van der Waals surface area contributed by atoms with Gasteiger partial charge in [-0.15, -0.1) is 0 Å². The number of hydrogen-bond donors (Lipinski definition) is 0. The van der Waals surface area contributed by atoms with Crippen molar-refractivity contribution >= 4 is 17.9 Å². The van der Waals surface area contributed by atoms with Gasteiger partial charge in [0.2, 0.25) is 0 Å². The predicted molar refractivity (Wildman–Crippen MR) is 348 cm³/mol. The fraction of sp³-hybridized carbons (Fsp3) is 0.770. The van der Waals surface area contributed by atoms with Gasteiger partial charge in [0, 0.05) is 19.3 Å². The molecule has 0 fully saturated rings. The molecular weight excluding hydrogens is 985 g/mol. The first kappa shape index (κ1) is 76.6. The topological polar surface area (TPSA) is 78.9 Å². The number of esters is 3. The van der Waals surface area contributed by atoms with E-state index in [4.69, 9.17) is 14.2 Å². The summed E-state index contributed by atoms with van der Waals surface area (Å²) in [5.74, 6) is -0.855. The molecule has 80 heavy (non-hydrogen) atoms. The Kier molecular flexibility index (Phi) is 65.2. The molecule has 0 saturated carbocycles. The van der Waals surface area contributed by atoms with Gasteiger partial charge in [-0.1, -0.05) is 337 Å². The van der Waals surface area contributed by atoms with Crippen LogP contribution in [0.1, 0.15) is 348 Å². The number of allylic oxidation sites excluding steroid dienone is 14. The van der Waals surface area contributed by atoms with Crippen molar-refractivity contribution in [1.29, 1.82) is 0 Å². The fourth-order valence-electron chi connectivity index (χ4n) is 10.0. The Bertz CT molecular complexity index is 1520. The van der Waals surface area contributed by atoms with Crippen LogP contribution in [0, 0.1) is 0 Å². The highest BCUT2D eigenvalue weighted by Gasteiger charge is 2.19. The molecule has 0 rings (SSSR count). The Morgan fingerprint density at radius 3 is 0.762 bits per heavy atom. The van der Waals surface area contributed by atoms with Gasteiger partial charge in [0.05, 0.1) is 0 Å². The smallest absolute Gasteiger partial charge is 0.306 e. The largest absolute Gasteiger partial charge is 0.462 e. The Morgan fingerprint density at radius 1 is 0.263 bits per heavy atom. The van der Waals surface area contributed by atoms with Crippen molar-refractivity contribution in [1.82, 2.24) is 0 Å². The molecule has 0 radical (unpaired) electrons. The summed E-state index contributed by atoms with van der Waals surface area (Å²) >= 11 is 0.